The lowest BCUT2D eigenvalue weighted by Gasteiger charge is -2.29. The van der Waals surface area contributed by atoms with Crippen molar-refractivity contribution in [3.8, 4) is 11.1 Å². The fraction of sp³-hybridized carbons (Fsp3) is 0.296. The molecule has 0 saturated carbocycles. The largest absolute Gasteiger partial charge is 0.478 e. The monoisotopic (exact) mass is 528 g/mol. The number of rotatable bonds is 7. The number of hydrogen-bond donors (Lipinski definition) is 1. The molecule has 1 unspecified atom stereocenters. The van der Waals surface area contributed by atoms with E-state index in [4.69, 9.17) is 0 Å². The molecule has 1 N–H and O–H groups in total. The van der Waals surface area contributed by atoms with Gasteiger partial charge < -0.3 is 10.0 Å². The molecular formula is C27H29FN2O4S2. The van der Waals surface area contributed by atoms with Gasteiger partial charge in [-0.2, -0.15) is 4.31 Å². The SMILES string of the molecule is CCCCC1CN(c2ccccc2)c2cc(SC)c(-c3cc(C(=O)O)ccc3F)cc2S(=O)(=O)N1C. The third-order valence-corrected chi connectivity index (χ3v) is 9.32. The van der Waals surface area contributed by atoms with Crippen LogP contribution in [0.4, 0.5) is 15.8 Å². The van der Waals surface area contributed by atoms with E-state index in [9.17, 15) is 22.7 Å². The topological polar surface area (TPSA) is 77.9 Å². The maximum atomic E-state index is 15.0. The first-order valence-electron chi connectivity index (χ1n) is 11.7. The lowest BCUT2D eigenvalue weighted by molar-refractivity contribution is 0.0697. The quantitative estimate of drug-likeness (QED) is 0.366. The Kier molecular flexibility index (Phi) is 7.73. The zero-order valence-corrected chi connectivity index (χ0v) is 22.1. The van der Waals surface area contributed by atoms with Crippen molar-refractivity contribution in [1.29, 1.82) is 0 Å². The highest BCUT2D eigenvalue weighted by Crippen LogP contribution is 2.44. The summed E-state index contributed by atoms with van der Waals surface area (Å²) in [7, 11) is -2.33. The summed E-state index contributed by atoms with van der Waals surface area (Å²) in [6.07, 6.45) is 4.38. The molecule has 0 amide bonds. The van der Waals surface area contributed by atoms with Gasteiger partial charge in [-0.1, -0.05) is 38.0 Å². The number of carboxylic acids is 1. The fourth-order valence-corrected chi connectivity index (χ4v) is 6.74. The van der Waals surface area contributed by atoms with E-state index in [1.807, 2.05) is 41.5 Å². The third kappa shape index (κ3) is 4.87. The Labute approximate surface area is 215 Å². The molecule has 190 valence electrons. The maximum absolute atomic E-state index is 15.0. The van der Waals surface area contributed by atoms with Crippen LogP contribution < -0.4 is 4.90 Å². The predicted octanol–water partition coefficient (Wildman–Crippen LogP) is 6.24. The minimum atomic E-state index is -3.93. The van der Waals surface area contributed by atoms with Gasteiger partial charge in [0.05, 0.1) is 11.3 Å². The molecule has 3 aromatic rings. The Balaban J connectivity index is 2.00. The van der Waals surface area contributed by atoms with Gasteiger partial charge in [0.15, 0.2) is 0 Å². The van der Waals surface area contributed by atoms with Crippen LogP contribution in [-0.2, 0) is 10.0 Å². The van der Waals surface area contributed by atoms with Crippen LogP contribution >= 0.6 is 11.8 Å². The number of para-hydroxylation sites is 1. The molecule has 3 aromatic carbocycles. The molecule has 6 nitrogen and oxygen atoms in total. The summed E-state index contributed by atoms with van der Waals surface area (Å²) in [5.74, 6) is -1.80. The standard InChI is InChI=1S/C27H29FN2O4S2/c1-4-5-9-20-17-30(19-10-7-6-8-11-19)24-16-25(35-3)22(15-26(24)36(33,34)29(20)2)21-14-18(27(31)32)12-13-23(21)28/h6-8,10-16,20H,4-5,9,17H2,1-3H3,(H,31,32). The van der Waals surface area contributed by atoms with Crippen LogP contribution in [0.15, 0.2) is 70.5 Å². The number of hydrogen-bond acceptors (Lipinski definition) is 5. The van der Waals surface area contributed by atoms with Gasteiger partial charge >= 0.3 is 5.97 Å². The zero-order valence-electron chi connectivity index (χ0n) is 20.4. The lowest BCUT2D eigenvalue weighted by Crippen LogP contribution is -2.40. The molecular weight excluding hydrogens is 499 g/mol. The van der Waals surface area contributed by atoms with Gasteiger partial charge in [0, 0.05) is 35.8 Å². The molecule has 0 aromatic heterocycles. The van der Waals surface area contributed by atoms with Gasteiger partial charge in [0.1, 0.15) is 10.7 Å². The molecule has 1 heterocycles. The minimum Gasteiger partial charge on any atom is -0.478 e. The smallest absolute Gasteiger partial charge is 0.335 e. The van der Waals surface area contributed by atoms with Crippen LogP contribution in [0.25, 0.3) is 11.1 Å². The van der Waals surface area contributed by atoms with Crippen molar-refractivity contribution in [2.24, 2.45) is 0 Å². The Morgan fingerprint density at radius 2 is 1.83 bits per heavy atom. The molecule has 0 radical (unpaired) electrons. The number of nitrogens with zero attached hydrogens (tertiary/aromatic N) is 2. The first-order chi connectivity index (χ1) is 17.2. The van der Waals surface area contributed by atoms with E-state index in [0.717, 1.165) is 24.6 Å². The summed E-state index contributed by atoms with van der Waals surface area (Å²) in [5.41, 5.74) is 1.72. The second-order valence-electron chi connectivity index (χ2n) is 8.78. The van der Waals surface area contributed by atoms with Crippen molar-refractivity contribution >= 4 is 39.1 Å². The summed E-state index contributed by atoms with van der Waals surface area (Å²) < 4.78 is 44.3. The second-order valence-corrected chi connectivity index (χ2v) is 11.6. The molecule has 36 heavy (non-hydrogen) atoms. The lowest BCUT2D eigenvalue weighted by atomic mass is 10.0. The van der Waals surface area contributed by atoms with Crippen LogP contribution in [0.5, 0.6) is 0 Å². The van der Waals surface area contributed by atoms with Crippen molar-refractivity contribution in [2.45, 2.75) is 42.0 Å². The van der Waals surface area contributed by atoms with Crippen LogP contribution in [0.2, 0.25) is 0 Å². The first kappa shape index (κ1) is 26.2. The van der Waals surface area contributed by atoms with Gasteiger partial charge in [-0.15, -0.1) is 11.8 Å². The highest BCUT2D eigenvalue weighted by Gasteiger charge is 2.37. The van der Waals surface area contributed by atoms with Crippen molar-refractivity contribution in [3.05, 3.63) is 72.0 Å². The number of carboxylic acid groups (broad SMARTS) is 1. The molecule has 4 rings (SSSR count). The minimum absolute atomic E-state index is 0.0537. The number of halogens is 1. The van der Waals surface area contributed by atoms with E-state index in [-0.39, 0.29) is 22.1 Å². The summed E-state index contributed by atoms with van der Waals surface area (Å²) in [6.45, 7) is 2.55. The number of carbonyl (C=O) groups is 1. The number of thioether (sulfide) groups is 1. The second kappa shape index (κ2) is 10.6. The normalized spacial score (nSPS) is 17.4. The molecule has 0 spiro atoms. The molecule has 0 aliphatic carbocycles. The van der Waals surface area contributed by atoms with Gasteiger partial charge in [-0.3, -0.25) is 0 Å². The predicted molar refractivity (Wildman–Crippen MR) is 142 cm³/mol. The third-order valence-electron chi connectivity index (χ3n) is 6.60. The number of anilines is 2. The van der Waals surface area contributed by atoms with Crippen LogP contribution in [0.1, 0.15) is 36.5 Å². The Bertz CT molecular complexity index is 1380. The Morgan fingerprint density at radius 1 is 1.11 bits per heavy atom. The van der Waals surface area contributed by atoms with E-state index < -0.39 is 21.8 Å². The first-order valence-corrected chi connectivity index (χ1v) is 14.4. The molecule has 0 fully saturated rings. The summed E-state index contributed by atoms with van der Waals surface area (Å²) in [6, 6.07) is 16.2. The number of fused-ring (bicyclic) bond motifs is 1. The maximum Gasteiger partial charge on any atom is 0.335 e. The van der Waals surface area contributed by atoms with Crippen molar-refractivity contribution < 1.29 is 22.7 Å². The number of aromatic carboxylic acids is 1. The van der Waals surface area contributed by atoms with Gasteiger partial charge in [-0.05, 0) is 60.7 Å². The number of benzene rings is 3. The Morgan fingerprint density at radius 3 is 2.47 bits per heavy atom. The van der Waals surface area contributed by atoms with Crippen LogP contribution in [0, 0.1) is 5.82 Å². The number of unbranched alkanes of at least 4 members (excludes halogenated alkanes) is 1. The van der Waals surface area contributed by atoms with Crippen LogP contribution in [0.3, 0.4) is 0 Å². The number of sulfonamides is 1. The zero-order chi connectivity index (χ0) is 26.0. The highest BCUT2D eigenvalue weighted by atomic mass is 32.2. The molecule has 9 heteroatoms. The molecule has 1 atom stereocenters. The molecule has 0 saturated heterocycles. The van der Waals surface area contributed by atoms with Gasteiger partial charge in [0.25, 0.3) is 0 Å². The van der Waals surface area contributed by atoms with Gasteiger partial charge in [-0.25, -0.2) is 17.6 Å². The van der Waals surface area contributed by atoms with Crippen LogP contribution in [-0.4, -0.2) is 49.7 Å². The van der Waals surface area contributed by atoms with E-state index in [0.29, 0.717) is 29.1 Å². The fourth-order valence-electron chi connectivity index (χ4n) is 4.55. The summed E-state index contributed by atoms with van der Waals surface area (Å²) in [4.78, 5) is 14.3. The van der Waals surface area contributed by atoms with E-state index >= 15 is 0 Å². The summed E-state index contributed by atoms with van der Waals surface area (Å²) in [5, 5.41) is 9.44. The van der Waals surface area contributed by atoms with E-state index in [2.05, 4.69) is 6.92 Å². The average Bonchev–Trinajstić information content (AvgIpc) is 2.95. The van der Waals surface area contributed by atoms with E-state index in [1.165, 1.54) is 34.3 Å². The van der Waals surface area contributed by atoms with Crippen molar-refractivity contribution in [3.63, 3.8) is 0 Å². The molecule has 1 aliphatic rings. The van der Waals surface area contributed by atoms with Crippen molar-refractivity contribution in [2.75, 3.05) is 24.7 Å². The summed E-state index contributed by atoms with van der Waals surface area (Å²) >= 11 is 1.36. The number of likely N-dealkylation sites (N-methyl/N-ethyl adjacent to an activating group) is 1. The average molecular weight is 529 g/mol. The van der Waals surface area contributed by atoms with Gasteiger partial charge in [0.2, 0.25) is 10.0 Å². The van der Waals surface area contributed by atoms with Crippen molar-refractivity contribution in [1.82, 2.24) is 4.31 Å². The highest BCUT2D eigenvalue weighted by molar-refractivity contribution is 7.98. The van der Waals surface area contributed by atoms with E-state index in [1.54, 1.807) is 13.1 Å². The Hall–Kier alpha value is -2.88. The molecule has 1 aliphatic heterocycles. The molecule has 0 bridgehead atoms.